The Bertz CT molecular complexity index is 791. The number of pyridine rings is 1. The zero-order chi connectivity index (χ0) is 15.6. The second kappa shape index (κ2) is 5.83. The molecule has 0 aromatic carbocycles. The number of anilines is 2. The van der Waals surface area contributed by atoms with Gasteiger partial charge in [-0.2, -0.15) is 9.61 Å². The van der Waals surface area contributed by atoms with E-state index in [1.165, 1.54) is 5.69 Å². The third-order valence-electron chi connectivity index (χ3n) is 4.31. The molecule has 0 radical (unpaired) electrons. The van der Waals surface area contributed by atoms with Crippen molar-refractivity contribution in [1.29, 1.82) is 0 Å². The molecule has 4 rings (SSSR count). The second-order valence-corrected chi connectivity index (χ2v) is 5.65. The summed E-state index contributed by atoms with van der Waals surface area (Å²) in [6.45, 7) is 5.99. The van der Waals surface area contributed by atoms with Crippen LogP contribution in [0.5, 0.6) is 0 Å². The number of rotatable bonds is 3. The fourth-order valence-electron chi connectivity index (χ4n) is 3.03. The average molecular weight is 309 g/mol. The molecule has 1 saturated heterocycles. The zero-order valence-corrected chi connectivity index (χ0v) is 13.1. The van der Waals surface area contributed by atoms with E-state index in [0.717, 1.165) is 49.6 Å². The van der Waals surface area contributed by atoms with Crippen LogP contribution in [0.4, 0.5) is 11.4 Å². The maximum Gasteiger partial charge on any atom is 0.200 e. The van der Waals surface area contributed by atoms with Gasteiger partial charge in [0.2, 0.25) is 5.65 Å². The summed E-state index contributed by atoms with van der Waals surface area (Å²) < 4.78 is 1.78. The largest absolute Gasteiger partial charge is 0.368 e. The van der Waals surface area contributed by atoms with Crippen LogP contribution in [-0.2, 0) is 6.42 Å². The van der Waals surface area contributed by atoms with Gasteiger partial charge in [0.05, 0.1) is 11.4 Å². The van der Waals surface area contributed by atoms with Gasteiger partial charge in [0, 0.05) is 44.3 Å². The standard InChI is InChI=1S/C16H19N7/c1-2-13-11-15(16-19-18-12-23(16)20-13)22-9-7-21(8-10-22)14-3-5-17-6-4-14/h3-6,11-12H,2,7-10H2,1H3. The second-order valence-electron chi connectivity index (χ2n) is 5.65. The third kappa shape index (κ3) is 2.58. The van der Waals surface area contributed by atoms with E-state index in [0.29, 0.717) is 0 Å². The van der Waals surface area contributed by atoms with E-state index >= 15 is 0 Å². The van der Waals surface area contributed by atoms with Gasteiger partial charge in [0.1, 0.15) is 6.33 Å². The number of aromatic nitrogens is 5. The van der Waals surface area contributed by atoms with Crippen LogP contribution in [0, 0.1) is 0 Å². The summed E-state index contributed by atoms with van der Waals surface area (Å²) in [7, 11) is 0. The molecule has 7 nitrogen and oxygen atoms in total. The van der Waals surface area contributed by atoms with Gasteiger partial charge in [-0.1, -0.05) is 6.92 Å². The maximum absolute atomic E-state index is 4.52. The first-order valence-corrected chi connectivity index (χ1v) is 7.95. The molecule has 0 unspecified atom stereocenters. The van der Waals surface area contributed by atoms with Crippen LogP contribution < -0.4 is 9.80 Å². The number of hydrogen-bond donors (Lipinski definition) is 0. The number of aryl methyl sites for hydroxylation is 1. The van der Waals surface area contributed by atoms with E-state index in [2.05, 4.69) is 55.2 Å². The molecule has 0 spiro atoms. The normalized spacial score (nSPS) is 15.3. The molecule has 0 atom stereocenters. The van der Waals surface area contributed by atoms with Gasteiger partial charge in [-0.05, 0) is 24.6 Å². The van der Waals surface area contributed by atoms with Crippen molar-refractivity contribution in [1.82, 2.24) is 24.8 Å². The summed E-state index contributed by atoms with van der Waals surface area (Å²) in [6.07, 6.45) is 6.26. The Morgan fingerprint density at radius 1 is 1.04 bits per heavy atom. The van der Waals surface area contributed by atoms with Gasteiger partial charge in [-0.25, -0.2) is 0 Å². The zero-order valence-electron chi connectivity index (χ0n) is 13.1. The Kier molecular flexibility index (Phi) is 3.53. The van der Waals surface area contributed by atoms with Crippen LogP contribution in [-0.4, -0.2) is 51.0 Å². The summed E-state index contributed by atoms with van der Waals surface area (Å²) >= 11 is 0. The molecule has 3 aromatic heterocycles. The fraction of sp³-hybridized carbons (Fsp3) is 0.375. The Labute approximate surface area is 134 Å². The Morgan fingerprint density at radius 3 is 2.52 bits per heavy atom. The molecule has 7 heteroatoms. The minimum atomic E-state index is 0.833. The van der Waals surface area contributed by atoms with Crippen LogP contribution in [0.2, 0.25) is 0 Å². The van der Waals surface area contributed by atoms with Gasteiger partial charge in [-0.15, -0.1) is 10.2 Å². The van der Waals surface area contributed by atoms with E-state index in [-0.39, 0.29) is 0 Å². The molecule has 23 heavy (non-hydrogen) atoms. The highest BCUT2D eigenvalue weighted by atomic mass is 15.4. The molecule has 0 saturated carbocycles. The van der Waals surface area contributed by atoms with E-state index in [1.54, 1.807) is 10.8 Å². The first-order valence-electron chi connectivity index (χ1n) is 7.95. The molecule has 1 aliphatic heterocycles. The van der Waals surface area contributed by atoms with E-state index in [1.807, 2.05) is 12.4 Å². The molecule has 1 aliphatic rings. The molecular weight excluding hydrogens is 290 g/mol. The first kappa shape index (κ1) is 13.9. The highest BCUT2D eigenvalue weighted by Gasteiger charge is 2.21. The lowest BCUT2D eigenvalue weighted by molar-refractivity contribution is 0.651. The number of piperazine rings is 1. The van der Waals surface area contributed by atoms with Crippen LogP contribution >= 0.6 is 0 Å². The quantitative estimate of drug-likeness (QED) is 0.729. The summed E-state index contributed by atoms with van der Waals surface area (Å²) in [5.74, 6) is 0. The minimum absolute atomic E-state index is 0.833. The summed E-state index contributed by atoms with van der Waals surface area (Å²) in [5.41, 5.74) is 4.25. The van der Waals surface area contributed by atoms with Crippen molar-refractivity contribution in [2.45, 2.75) is 13.3 Å². The molecule has 1 fully saturated rings. The predicted octanol–water partition coefficient (Wildman–Crippen LogP) is 1.41. The molecule has 0 amide bonds. The van der Waals surface area contributed by atoms with E-state index in [9.17, 15) is 0 Å². The molecule has 3 aromatic rings. The van der Waals surface area contributed by atoms with Gasteiger partial charge in [0.25, 0.3) is 0 Å². The minimum Gasteiger partial charge on any atom is -0.368 e. The van der Waals surface area contributed by atoms with Crippen LogP contribution in [0.3, 0.4) is 0 Å². The van der Waals surface area contributed by atoms with Gasteiger partial charge in [0.15, 0.2) is 0 Å². The Morgan fingerprint density at radius 2 is 1.78 bits per heavy atom. The monoisotopic (exact) mass is 309 g/mol. The molecule has 0 aliphatic carbocycles. The van der Waals surface area contributed by atoms with Crippen molar-refractivity contribution in [2.75, 3.05) is 36.0 Å². The Hall–Kier alpha value is -2.70. The Balaban J connectivity index is 1.58. The summed E-state index contributed by atoms with van der Waals surface area (Å²) in [6, 6.07) is 6.27. The number of fused-ring (bicyclic) bond motifs is 1. The van der Waals surface area contributed by atoms with Crippen molar-refractivity contribution in [3.63, 3.8) is 0 Å². The fourth-order valence-corrected chi connectivity index (χ4v) is 3.03. The van der Waals surface area contributed by atoms with E-state index in [4.69, 9.17) is 0 Å². The average Bonchev–Trinajstić information content (AvgIpc) is 3.10. The lowest BCUT2D eigenvalue weighted by atomic mass is 10.2. The van der Waals surface area contributed by atoms with Crippen molar-refractivity contribution in [2.24, 2.45) is 0 Å². The van der Waals surface area contributed by atoms with E-state index < -0.39 is 0 Å². The van der Waals surface area contributed by atoms with Gasteiger partial charge < -0.3 is 9.80 Å². The summed E-state index contributed by atoms with van der Waals surface area (Å²) in [4.78, 5) is 8.86. The smallest absolute Gasteiger partial charge is 0.200 e. The number of hydrogen-bond acceptors (Lipinski definition) is 6. The van der Waals surface area contributed by atoms with Crippen molar-refractivity contribution >= 4 is 17.0 Å². The highest BCUT2D eigenvalue weighted by molar-refractivity contribution is 5.69. The first-order chi connectivity index (χ1) is 11.3. The van der Waals surface area contributed by atoms with Crippen molar-refractivity contribution in [3.8, 4) is 0 Å². The van der Waals surface area contributed by atoms with Crippen molar-refractivity contribution in [3.05, 3.63) is 42.6 Å². The molecule has 0 bridgehead atoms. The topological polar surface area (TPSA) is 62.5 Å². The maximum atomic E-state index is 4.52. The molecule has 4 heterocycles. The SMILES string of the molecule is CCc1cc(N2CCN(c3ccncc3)CC2)c2nncn2n1. The lowest BCUT2D eigenvalue weighted by Gasteiger charge is -2.37. The van der Waals surface area contributed by atoms with Crippen LogP contribution in [0.15, 0.2) is 36.9 Å². The van der Waals surface area contributed by atoms with Crippen LogP contribution in [0.1, 0.15) is 12.6 Å². The number of nitrogens with zero attached hydrogens (tertiary/aromatic N) is 7. The predicted molar refractivity (Wildman–Crippen MR) is 88.8 cm³/mol. The van der Waals surface area contributed by atoms with Crippen LogP contribution in [0.25, 0.3) is 5.65 Å². The lowest BCUT2D eigenvalue weighted by Crippen LogP contribution is -2.46. The van der Waals surface area contributed by atoms with Crippen molar-refractivity contribution < 1.29 is 0 Å². The molecular formula is C16H19N7. The van der Waals surface area contributed by atoms with Gasteiger partial charge >= 0.3 is 0 Å². The highest BCUT2D eigenvalue weighted by Crippen LogP contribution is 2.23. The van der Waals surface area contributed by atoms with Gasteiger partial charge in [-0.3, -0.25) is 4.98 Å². The third-order valence-corrected chi connectivity index (χ3v) is 4.31. The molecule has 118 valence electrons. The summed E-state index contributed by atoms with van der Waals surface area (Å²) in [5, 5.41) is 12.8. The molecule has 0 N–H and O–H groups in total.